The summed E-state index contributed by atoms with van der Waals surface area (Å²) >= 11 is 3.44. The van der Waals surface area contributed by atoms with Gasteiger partial charge in [-0.15, -0.1) is 0 Å². The lowest BCUT2D eigenvalue weighted by Crippen LogP contribution is -2.52. The predicted molar refractivity (Wildman–Crippen MR) is 161 cm³/mol. The van der Waals surface area contributed by atoms with Crippen molar-refractivity contribution in [2.24, 2.45) is 0 Å². The first kappa shape index (κ1) is 29.8. The Bertz CT molecular complexity index is 1420. The highest BCUT2D eigenvalue weighted by Gasteiger charge is 2.33. The third kappa shape index (κ3) is 7.31. The maximum atomic E-state index is 14.1. The minimum Gasteiger partial charge on any atom is -0.352 e. The summed E-state index contributed by atoms with van der Waals surface area (Å²) in [5.41, 5.74) is 3.00. The Morgan fingerprint density at radius 2 is 1.55 bits per heavy atom. The van der Waals surface area contributed by atoms with E-state index in [2.05, 4.69) is 21.2 Å². The summed E-state index contributed by atoms with van der Waals surface area (Å²) in [6, 6.07) is 20.4. The van der Waals surface area contributed by atoms with E-state index in [4.69, 9.17) is 0 Å². The maximum absolute atomic E-state index is 14.1. The van der Waals surface area contributed by atoms with Gasteiger partial charge in [-0.2, -0.15) is 0 Å². The van der Waals surface area contributed by atoms with Crippen molar-refractivity contribution in [3.8, 4) is 0 Å². The molecular weight excluding hydrogens is 590 g/mol. The zero-order valence-electron chi connectivity index (χ0n) is 23.1. The van der Waals surface area contributed by atoms with E-state index in [9.17, 15) is 18.0 Å². The van der Waals surface area contributed by atoms with Crippen LogP contribution in [0.4, 0.5) is 5.69 Å². The Morgan fingerprint density at radius 1 is 0.950 bits per heavy atom. The first-order chi connectivity index (χ1) is 19.0. The summed E-state index contributed by atoms with van der Waals surface area (Å²) in [5.74, 6) is -0.697. The van der Waals surface area contributed by atoms with Crippen LogP contribution >= 0.6 is 15.9 Å². The van der Waals surface area contributed by atoms with E-state index >= 15 is 0 Å². The van der Waals surface area contributed by atoms with Crippen molar-refractivity contribution in [1.29, 1.82) is 0 Å². The SMILES string of the molecule is Cc1cc(C)cc(N(CC(=O)N(Cc2ccc(Br)cc2)[C@H](C)C(=O)NC2CCCC2)S(=O)(=O)c2ccccc2)c1. The molecule has 40 heavy (non-hydrogen) atoms. The lowest BCUT2D eigenvalue weighted by Gasteiger charge is -2.32. The van der Waals surface area contributed by atoms with Crippen LogP contribution in [-0.2, 0) is 26.2 Å². The number of hydrogen-bond acceptors (Lipinski definition) is 4. The van der Waals surface area contributed by atoms with Crippen LogP contribution in [0.2, 0.25) is 0 Å². The van der Waals surface area contributed by atoms with Gasteiger partial charge in [0, 0.05) is 17.1 Å². The van der Waals surface area contributed by atoms with Crippen molar-refractivity contribution in [2.75, 3.05) is 10.8 Å². The molecular formula is C31H36BrN3O4S. The molecule has 0 spiro atoms. The number of hydrogen-bond donors (Lipinski definition) is 1. The number of benzene rings is 3. The first-order valence-electron chi connectivity index (χ1n) is 13.5. The summed E-state index contributed by atoms with van der Waals surface area (Å²) in [4.78, 5) is 28.9. The number of carbonyl (C=O) groups is 2. The molecule has 4 rings (SSSR count). The van der Waals surface area contributed by atoms with E-state index in [-0.39, 0.29) is 23.4 Å². The number of amides is 2. The first-order valence-corrected chi connectivity index (χ1v) is 15.8. The van der Waals surface area contributed by atoms with E-state index in [1.165, 1.54) is 17.0 Å². The molecule has 0 radical (unpaired) electrons. The van der Waals surface area contributed by atoms with Crippen LogP contribution in [0.3, 0.4) is 0 Å². The van der Waals surface area contributed by atoms with Crippen LogP contribution in [0.15, 0.2) is 82.2 Å². The molecule has 1 aliphatic carbocycles. The second-order valence-corrected chi connectivity index (χ2v) is 13.3. The number of halogens is 1. The van der Waals surface area contributed by atoms with Gasteiger partial charge in [0.2, 0.25) is 11.8 Å². The van der Waals surface area contributed by atoms with E-state index < -0.39 is 28.5 Å². The molecule has 2 amide bonds. The van der Waals surface area contributed by atoms with Crippen LogP contribution in [0.5, 0.6) is 0 Å². The van der Waals surface area contributed by atoms with E-state index in [0.29, 0.717) is 5.69 Å². The second kappa shape index (κ2) is 13.0. The molecule has 1 aliphatic rings. The van der Waals surface area contributed by atoms with Crippen LogP contribution in [0.1, 0.15) is 49.3 Å². The Hall–Kier alpha value is -3.17. The number of sulfonamides is 1. The number of nitrogens with one attached hydrogen (secondary N) is 1. The topological polar surface area (TPSA) is 86.8 Å². The van der Waals surface area contributed by atoms with Crippen molar-refractivity contribution >= 4 is 43.5 Å². The van der Waals surface area contributed by atoms with Gasteiger partial charge in [-0.05, 0) is 86.7 Å². The molecule has 1 saturated carbocycles. The Kier molecular flexibility index (Phi) is 9.68. The highest BCUT2D eigenvalue weighted by atomic mass is 79.9. The molecule has 0 aliphatic heterocycles. The molecule has 0 heterocycles. The molecule has 1 N–H and O–H groups in total. The fourth-order valence-electron chi connectivity index (χ4n) is 5.10. The third-order valence-corrected chi connectivity index (χ3v) is 9.56. The smallest absolute Gasteiger partial charge is 0.264 e. The zero-order chi connectivity index (χ0) is 28.9. The number of rotatable bonds is 10. The third-order valence-electron chi connectivity index (χ3n) is 7.24. The highest BCUT2D eigenvalue weighted by Crippen LogP contribution is 2.27. The highest BCUT2D eigenvalue weighted by molar-refractivity contribution is 9.10. The number of nitrogens with zero attached hydrogens (tertiary/aromatic N) is 2. The van der Waals surface area contributed by atoms with E-state index in [0.717, 1.165) is 51.2 Å². The van der Waals surface area contributed by atoms with E-state index in [1.54, 1.807) is 37.3 Å². The molecule has 1 fully saturated rings. The predicted octanol–water partition coefficient (Wildman–Crippen LogP) is 5.74. The van der Waals surface area contributed by atoms with Crippen molar-refractivity contribution < 1.29 is 18.0 Å². The Labute approximate surface area is 245 Å². The Morgan fingerprint density at radius 3 is 2.15 bits per heavy atom. The number of anilines is 1. The van der Waals surface area contributed by atoms with Crippen molar-refractivity contribution in [2.45, 2.75) is 70.0 Å². The Balaban J connectivity index is 1.69. The average Bonchev–Trinajstić information content (AvgIpc) is 3.43. The van der Waals surface area contributed by atoms with Crippen molar-refractivity contribution in [3.63, 3.8) is 0 Å². The van der Waals surface area contributed by atoms with Gasteiger partial charge in [0.25, 0.3) is 10.0 Å². The van der Waals surface area contributed by atoms with Gasteiger partial charge < -0.3 is 10.2 Å². The molecule has 0 saturated heterocycles. The second-order valence-electron chi connectivity index (χ2n) is 10.5. The molecule has 212 valence electrons. The average molecular weight is 627 g/mol. The standard InChI is InChI=1S/C31H36BrN3O4S/c1-22-17-23(2)19-28(18-22)35(40(38,39)29-11-5-4-6-12-29)21-30(36)34(20-25-13-15-26(32)16-14-25)24(3)31(37)33-27-9-7-8-10-27/h4-6,11-19,24,27H,7-10,20-21H2,1-3H3,(H,33,37)/t24-/m1/s1. The van der Waals surface area contributed by atoms with Gasteiger partial charge in [-0.3, -0.25) is 13.9 Å². The largest absolute Gasteiger partial charge is 0.352 e. The zero-order valence-corrected chi connectivity index (χ0v) is 25.5. The molecule has 7 nitrogen and oxygen atoms in total. The summed E-state index contributed by atoms with van der Waals surface area (Å²) in [6.45, 7) is 5.20. The lowest BCUT2D eigenvalue weighted by atomic mass is 10.1. The molecule has 0 unspecified atom stereocenters. The lowest BCUT2D eigenvalue weighted by molar-refractivity contribution is -0.139. The normalized spacial score (nSPS) is 14.5. The van der Waals surface area contributed by atoms with Crippen LogP contribution in [0, 0.1) is 13.8 Å². The van der Waals surface area contributed by atoms with Gasteiger partial charge in [0.05, 0.1) is 10.6 Å². The molecule has 0 bridgehead atoms. The van der Waals surface area contributed by atoms with Gasteiger partial charge >= 0.3 is 0 Å². The summed E-state index contributed by atoms with van der Waals surface area (Å²) in [6.07, 6.45) is 4.00. The van der Waals surface area contributed by atoms with Crippen molar-refractivity contribution in [3.05, 3.63) is 94.0 Å². The minimum absolute atomic E-state index is 0.0912. The summed E-state index contributed by atoms with van der Waals surface area (Å²) in [7, 11) is -4.08. The van der Waals surface area contributed by atoms with E-state index in [1.807, 2.05) is 44.2 Å². The monoisotopic (exact) mass is 625 g/mol. The van der Waals surface area contributed by atoms with Gasteiger partial charge in [0.15, 0.2) is 0 Å². The maximum Gasteiger partial charge on any atom is 0.264 e. The minimum atomic E-state index is -4.08. The summed E-state index contributed by atoms with van der Waals surface area (Å²) < 4.78 is 29.9. The van der Waals surface area contributed by atoms with Crippen LogP contribution in [-0.4, -0.2) is 43.8 Å². The molecule has 1 atom stereocenters. The molecule has 0 aromatic heterocycles. The van der Waals surface area contributed by atoms with Crippen LogP contribution in [0.25, 0.3) is 0 Å². The molecule has 3 aromatic carbocycles. The number of carbonyl (C=O) groups excluding carboxylic acids is 2. The number of aryl methyl sites for hydroxylation is 2. The molecule has 9 heteroatoms. The fourth-order valence-corrected chi connectivity index (χ4v) is 6.79. The van der Waals surface area contributed by atoms with Crippen LogP contribution < -0.4 is 9.62 Å². The quantitative estimate of drug-likeness (QED) is 0.311. The van der Waals surface area contributed by atoms with Crippen molar-refractivity contribution in [1.82, 2.24) is 10.2 Å². The molecule has 3 aromatic rings. The van der Waals surface area contributed by atoms with Gasteiger partial charge in [0.1, 0.15) is 12.6 Å². The van der Waals surface area contributed by atoms with Gasteiger partial charge in [-0.25, -0.2) is 8.42 Å². The van der Waals surface area contributed by atoms with Gasteiger partial charge in [-0.1, -0.05) is 65.2 Å². The fraction of sp³-hybridized carbons (Fsp3) is 0.355. The summed E-state index contributed by atoms with van der Waals surface area (Å²) in [5, 5.41) is 3.09.